The van der Waals surface area contributed by atoms with Crippen molar-refractivity contribution >= 4 is 17.5 Å². The summed E-state index contributed by atoms with van der Waals surface area (Å²) in [5, 5.41) is 11.6. The van der Waals surface area contributed by atoms with Crippen LogP contribution < -0.4 is 5.32 Å². The molecule has 15 heavy (non-hydrogen) atoms. The second-order valence-corrected chi connectivity index (χ2v) is 5.07. The lowest BCUT2D eigenvalue weighted by atomic mass is 9.88. The van der Waals surface area contributed by atoms with Crippen molar-refractivity contribution in [3.05, 3.63) is 0 Å². The number of hydrogen-bond donors (Lipinski definition) is 2. The van der Waals surface area contributed by atoms with Crippen LogP contribution in [0.4, 0.5) is 0 Å². The third-order valence-electron chi connectivity index (χ3n) is 2.43. The van der Waals surface area contributed by atoms with Crippen LogP contribution in [-0.4, -0.2) is 30.0 Å². The molecule has 90 valence electrons. The van der Waals surface area contributed by atoms with Crippen molar-refractivity contribution in [1.82, 2.24) is 5.32 Å². The molecular weight excluding hydrogens is 214 g/mol. The molecule has 0 aliphatic carbocycles. The second-order valence-electron chi connectivity index (χ2n) is 4.76. The van der Waals surface area contributed by atoms with Crippen LogP contribution in [0, 0.1) is 11.3 Å². The Kier molecular flexibility index (Phi) is 6.94. The molecule has 0 aliphatic heterocycles. The molecule has 0 saturated carbocycles. The highest BCUT2D eigenvalue weighted by Crippen LogP contribution is 2.20. The highest BCUT2D eigenvalue weighted by Gasteiger charge is 2.19. The Balaban J connectivity index is 3.86. The number of aliphatic hydroxyl groups is 1. The van der Waals surface area contributed by atoms with Crippen molar-refractivity contribution in [2.75, 3.05) is 19.0 Å². The van der Waals surface area contributed by atoms with Crippen LogP contribution in [-0.2, 0) is 4.79 Å². The van der Waals surface area contributed by atoms with Gasteiger partial charge < -0.3 is 10.4 Å². The number of hydrogen-bond acceptors (Lipinski definition) is 2. The molecule has 0 rings (SSSR count). The summed E-state index contributed by atoms with van der Waals surface area (Å²) in [6.07, 6.45) is 1.67. The van der Waals surface area contributed by atoms with Gasteiger partial charge >= 0.3 is 0 Å². The quantitative estimate of drug-likeness (QED) is 0.661. The number of aliphatic hydroxyl groups excluding tert-OH is 1. The van der Waals surface area contributed by atoms with E-state index in [9.17, 15) is 4.79 Å². The predicted molar refractivity (Wildman–Crippen MR) is 63.0 cm³/mol. The van der Waals surface area contributed by atoms with Crippen molar-refractivity contribution in [2.24, 2.45) is 11.3 Å². The Morgan fingerprint density at radius 3 is 2.60 bits per heavy atom. The van der Waals surface area contributed by atoms with Gasteiger partial charge in [0.1, 0.15) is 0 Å². The summed E-state index contributed by atoms with van der Waals surface area (Å²) in [5.74, 6) is 0.213. The summed E-state index contributed by atoms with van der Waals surface area (Å²) >= 11 is 5.59. The zero-order valence-corrected chi connectivity index (χ0v) is 10.6. The molecule has 0 heterocycles. The van der Waals surface area contributed by atoms with Crippen molar-refractivity contribution < 1.29 is 9.90 Å². The van der Waals surface area contributed by atoms with Crippen molar-refractivity contribution in [3.8, 4) is 0 Å². The summed E-state index contributed by atoms with van der Waals surface area (Å²) in [6.45, 7) is 6.80. The van der Waals surface area contributed by atoms with Gasteiger partial charge in [-0.1, -0.05) is 20.8 Å². The molecule has 0 aliphatic rings. The number of carbonyl (C=O) groups excluding carboxylic acids is 1. The minimum Gasteiger partial charge on any atom is -0.396 e. The van der Waals surface area contributed by atoms with Crippen LogP contribution in [0.5, 0.6) is 0 Å². The molecule has 0 fully saturated rings. The average molecular weight is 236 g/mol. The van der Waals surface area contributed by atoms with E-state index >= 15 is 0 Å². The first kappa shape index (κ1) is 14.7. The Hall–Kier alpha value is -0.280. The highest BCUT2D eigenvalue weighted by molar-refractivity contribution is 6.19. The van der Waals surface area contributed by atoms with Crippen LogP contribution in [0.15, 0.2) is 0 Å². The van der Waals surface area contributed by atoms with Crippen LogP contribution in [0.1, 0.15) is 33.6 Å². The van der Waals surface area contributed by atoms with Gasteiger partial charge in [-0.2, -0.15) is 0 Å². The van der Waals surface area contributed by atoms with Crippen LogP contribution in [0.25, 0.3) is 0 Å². The van der Waals surface area contributed by atoms with Gasteiger partial charge in [0.15, 0.2) is 0 Å². The molecule has 2 N–H and O–H groups in total. The second kappa shape index (κ2) is 7.07. The largest absolute Gasteiger partial charge is 0.396 e. The Bertz CT molecular complexity index is 195. The lowest BCUT2D eigenvalue weighted by molar-refractivity contribution is -0.124. The van der Waals surface area contributed by atoms with E-state index in [0.717, 1.165) is 12.8 Å². The summed E-state index contributed by atoms with van der Waals surface area (Å²) < 4.78 is 0. The molecule has 1 atom stereocenters. The molecular formula is C11H22ClNO2. The van der Waals surface area contributed by atoms with Crippen molar-refractivity contribution in [2.45, 2.75) is 33.6 Å². The number of halogens is 1. The zero-order chi connectivity index (χ0) is 11.9. The van der Waals surface area contributed by atoms with E-state index in [-0.39, 0.29) is 23.8 Å². The molecule has 0 aromatic heterocycles. The molecule has 0 spiro atoms. The zero-order valence-electron chi connectivity index (χ0n) is 9.85. The predicted octanol–water partition coefficient (Wildman–Crippen LogP) is 1.78. The van der Waals surface area contributed by atoms with Crippen LogP contribution >= 0.6 is 11.6 Å². The van der Waals surface area contributed by atoms with Gasteiger partial charge in [0.05, 0.1) is 0 Å². The summed E-state index contributed by atoms with van der Waals surface area (Å²) in [7, 11) is 0. The molecule has 0 radical (unpaired) electrons. The van der Waals surface area contributed by atoms with E-state index in [1.54, 1.807) is 0 Å². The van der Waals surface area contributed by atoms with E-state index in [4.69, 9.17) is 16.7 Å². The maximum absolute atomic E-state index is 11.4. The third kappa shape index (κ3) is 6.74. The summed E-state index contributed by atoms with van der Waals surface area (Å²) in [4.78, 5) is 11.4. The van der Waals surface area contributed by atoms with Crippen LogP contribution in [0.2, 0.25) is 0 Å². The number of nitrogens with one attached hydrogen (secondary N) is 1. The fourth-order valence-corrected chi connectivity index (χ4v) is 1.36. The first-order valence-corrected chi connectivity index (χ1v) is 5.91. The van der Waals surface area contributed by atoms with E-state index in [2.05, 4.69) is 19.2 Å². The minimum atomic E-state index is -0.139. The fourth-order valence-electron chi connectivity index (χ4n) is 1.22. The third-order valence-corrected chi connectivity index (χ3v) is 2.89. The lowest BCUT2D eigenvalue weighted by Gasteiger charge is -2.25. The molecule has 1 unspecified atom stereocenters. The highest BCUT2D eigenvalue weighted by atomic mass is 35.5. The van der Waals surface area contributed by atoms with E-state index in [0.29, 0.717) is 12.4 Å². The van der Waals surface area contributed by atoms with Gasteiger partial charge in [-0.05, 0) is 18.3 Å². The van der Waals surface area contributed by atoms with Gasteiger partial charge in [-0.15, -0.1) is 11.6 Å². The molecule has 0 bridgehead atoms. The number of carbonyl (C=O) groups is 1. The molecule has 3 nitrogen and oxygen atoms in total. The Morgan fingerprint density at radius 2 is 2.13 bits per heavy atom. The minimum absolute atomic E-state index is 0.00192. The van der Waals surface area contributed by atoms with Crippen molar-refractivity contribution in [1.29, 1.82) is 0 Å². The summed E-state index contributed by atoms with van der Waals surface area (Å²) in [6, 6.07) is 0. The fraction of sp³-hybridized carbons (Fsp3) is 0.909. The topological polar surface area (TPSA) is 49.3 Å². The molecule has 4 heteroatoms. The Morgan fingerprint density at radius 1 is 1.53 bits per heavy atom. The van der Waals surface area contributed by atoms with E-state index in [1.807, 2.05) is 6.92 Å². The van der Waals surface area contributed by atoms with E-state index in [1.165, 1.54) is 0 Å². The van der Waals surface area contributed by atoms with E-state index < -0.39 is 0 Å². The van der Waals surface area contributed by atoms with Gasteiger partial charge in [0, 0.05) is 24.9 Å². The lowest BCUT2D eigenvalue weighted by Crippen LogP contribution is -2.37. The number of alkyl halides is 1. The molecule has 0 aromatic carbocycles. The summed E-state index contributed by atoms with van der Waals surface area (Å²) in [5.41, 5.74) is 0.0322. The molecule has 0 saturated heterocycles. The molecule has 0 aromatic rings. The normalized spacial score (nSPS) is 13.7. The Labute approximate surface area is 97.2 Å². The first-order chi connectivity index (χ1) is 6.93. The molecule has 1 amide bonds. The maximum atomic E-state index is 11.4. The monoisotopic (exact) mass is 235 g/mol. The number of amides is 1. The number of rotatable bonds is 7. The SMILES string of the molecule is CC(CCl)C(=O)NCC(C)(C)CCCO. The average Bonchev–Trinajstić information content (AvgIpc) is 2.22. The van der Waals surface area contributed by atoms with Gasteiger partial charge in [0.2, 0.25) is 5.91 Å². The van der Waals surface area contributed by atoms with Crippen molar-refractivity contribution in [3.63, 3.8) is 0 Å². The van der Waals surface area contributed by atoms with Gasteiger partial charge in [-0.3, -0.25) is 4.79 Å². The standard InChI is InChI=1S/C11H22ClNO2/c1-9(7-12)10(15)13-8-11(2,3)5-4-6-14/h9,14H,4-8H2,1-3H3,(H,13,15). The van der Waals surface area contributed by atoms with Crippen LogP contribution in [0.3, 0.4) is 0 Å². The smallest absolute Gasteiger partial charge is 0.224 e. The van der Waals surface area contributed by atoms with Gasteiger partial charge in [0.25, 0.3) is 0 Å². The first-order valence-electron chi connectivity index (χ1n) is 5.37. The van der Waals surface area contributed by atoms with Gasteiger partial charge in [-0.25, -0.2) is 0 Å². The maximum Gasteiger partial charge on any atom is 0.224 e.